The maximum atomic E-state index is 12.5. The Bertz CT molecular complexity index is 1090. The summed E-state index contributed by atoms with van der Waals surface area (Å²) < 4.78 is 0. The third kappa shape index (κ3) is 6.54. The smallest absolute Gasteiger partial charge is 0.220 e. The molecule has 234 valence electrons. The molecule has 4 aliphatic rings. The molecule has 0 aromatic heterocycles. The molecule has 4 aliphatic carbocycles. The molecule has 4 heteroatoms. The van der Waals surface area contributed by atoms with Crippen LogP contribution in [0.2, 0.25) is 0 Å². The molecule has 1 aromatic rings. The number of carbonyl (C=O) groups is 2. The van der Waals surface area contributed by atoms with Crippen LogP contribution in [0.15, 0.2) is 24.3 Å². The van der Waals surface area contributed by atoms with Gasteiger partial charge in [-0.3, -0.25) is 9.59 Å². The number of Topliss-reactive ketones (excluding diaryl/α,β-unsaturated/α-hetero) is 1. The summed E-state index contributed by atoms with van der Waals surface area (Å²) in [7, 11) is 0. The number of carbonyl (C=O) groups excluding carboxylic acids is 2. The zero-order valence-corrected chi connectivity index (χ0v) is 27.4. The van der Waals surface area contributed by atoms with Crippen molar-refractivity contribution in [3.05, 3.63) is 35.4 Å². The number of benzene rings is 1. The molecule has 42 heavy (non-hydrogen) atoms. The van der Waals surface area contributed by atoms with Gasteiger partial charge in [0, 0.05) is 25.8 Å². The van der Waals surface area contributed by atoms with E-state index in [-0.39, 0.29) is 22.8 Å². The van der Waals surface area contributed by atoms with E-state index in [4.69, 9.17) is 0 Å². The Morgan fingerprint density at radius 1 is 0.929 bits per heavy atom. The van der Waals surface area contributed by atoms with Gasteiger partial charge in [0.2, 0.25) is 5.91 Å². The molecule has 1 amide bonds. The third-order valence-electron chi connectivity index (χ3n) is 12.9. The minimum Gasteiger partial charge on any atom is -0.393 e. The average Bonchev–Trinajstić information content (AvgIpc) is 3.25. The van der Waals surface area contributed by atoms with E-state index in [2.05, 4.69) is 64.2 Å². The van der Waals surface area contributed by atoms with Crippen molar-refractivity contribution in [3.63, 3.8) is 0 Å². The van der Waals surface area contributed by atoms with Crippen LogP contribution >= 0.6 is 0 Å². The van der Waals surface area contributed by atoms with Gasteiger partial charge in [-0.15, -0.1) is 0 Å². The second kappa shape index (κ2) is 12.7. The number of amides is 1. The van der Waals surface area contributed by atoms with Crippen LogP contribution in [-0.2, 0) is 21.5 Å². The van der Waals surface area contributed by atoms with E-state index in [0.717, 1.165) is 55.9 Å². The summed E-state index contributed by atoms with van der Waals surface area (Å²) in [6.07, 6.45) is 16.0. The Kier molecular flexibility index (Phi) is 9.63. The molecule has 2 N–H and O–H groups in total. The molecule has 0 radical (unpaired) electrons. The van der Waals surface area contributed by atoms with Gasteiger partial charge in [0.05, 0.1) is 6.10 Å². The van der Waals surface area contributed by atoms with Crippen LogP contribution in [0.25, 0.3) is 0 Å². The fraction of sp³-hybridized carbons (Fsp3) is 0.789. The summed E-state index contributed by atoms with van der Waals surface area (Å²) >= 11 is 0. The van der Waals surface area contributed by atoms with Crippen molar-refractivity contribution in [3.8, 4) is 0 Å². The lowest BCUT2D eigenvalue weighted by Gasteiger charge is -2.62. The summed E-state index contributed by atoms with van der Waals surface area (Å²) in [4.78, 5) is 24.9. The maximum Gasteiger partial charge on any atom is 0.220 e. The van der Waals surface area contributed by atoms with Gasteiger partial charge in [0.1, 0.15) is 5.78 Å². The van der Waals surface area contributed by atoms with Gasteiger partial charge in [0.15, 0.2) is 0 Å². The van der Waals surface area contributed by atoms with E-state index in [0.29, 0.717) is 41.9 Å². The number of aliphatic hydroxyl groups excluding tert-OH is 1. The van der Waals surface area contributed by atoms with E-state index < -0.39 is 0 Å². The fourth-order valence-electron chi connectivity index (χ4n) is 10.1. The summed E-state index contributed by atoms with van der Waals surface area (Å²) in [6.45, 7) is 12.2. The number of nitrogens with one attached hydrogen (secondary N) is 1. The predicted octanol–water partition coefficient (Wildman–Crippen LogP) is 8.53. The zero-order chi connectivity index (χ0) is 30.1. The number of hydrogen-bond acceptors (Lipinski definition) is 3. The first-order valence-electron chi connectivity index (χ1n) is 17.5. The molecular formula is C38H59NO3. The van der Waals surface area contributed by atoms with Gasteiger partial charge in [-0.1, -0.05) is 91.0 Å². The second-order valence-corrected chi connectivity index (χ2v) is 16.4. The maximum absolute atomic E-state index is 12.5. The van der Waals surface area contributed by atoms with E-state index >= 15 is 0 Å². The van der Waals surface area contributed by atoms with Crippen LogP contribution in [0.4, 0.5) is 0 Å². The first-order chi connectivity index (χ1) is 19.9. The molecule has 1 aromatic carbocycles. The SMILES string of the molecule is CC(C)(C)c1ccc(CNC(=O)CCCCCCC[C@@H]2C[C@H]3CC(=O)CC[C@]3(C)[C@H]3CC[C@]4(C)[C@@H](O)CC[C@H]4[C@H]23)cc1. The number of rotatable bonds is 10. The lowest BCUT2D eigenvalue weighted by atomic mass is 9.42. The van der Waals surface area contributed by atoms with Crippen LogP contribution < -0.4 is 5.32 Å². The molecule has 0 saturated heterocycles. The highest BCUT2D eigenvalue weighted by molar-refractivity contribution is 5.79. The van der Waals surface area contributed by atoms with Crippen molar-refractivity contribution in [1.82, 2.24) is 5.32 Å². The van der Waals surface area contributed by atoms with E-state index in [1.807, 2.05) is 0 Å². The van der Waals surface area contributed by atoms with Crippen LogP contribution in [0, 0.1) is 40.4 Å². The van der Waals surface area contributed by atoms with Crippen LogP contribution in [0.3, 0.4) is 0 Å². The highest BCUT2D eigenvalue weighted by atomic mass is 16.3. The summed E-state index contributed by atoms with van der Waals surface area (Å²) in [5.41, 5.74) is 3.04. The van der Waals surface area contributed by atoms with E-state index in [9.17, 15) is 14.7 Å². The molecule has 8 atom stereocenters. The Morgan fingerprint density at radius 3 is 2.36 bits per heavy atom. The summed E-state index contributed by atoms with van der Waals surface area (Å²) in [5.74, 6) is 4.03. The molecule has 4 fully saturated rings. The van der Waals surface area contributed by atoms with Gasteiger partial charge in [-0.25, -0.2) is 0 Å². The molecule has 4 nitrogen and oxygen atoms in total. The molecule has 0 heterocycles. The minimum absolute atomic E-state index is 0.101. The Balaban J connectivity index is 1.06. The number of hydrogen-bond donors (Lipinski definition) is 2. The van der Waals surface area contributed by atoms with Crippen LogP contribution in [0.5, 0.6) is 0 Å². The number of aliphatic hydroxyl groups is 1. The number of ketones is 1. The quantitative estimate of drug-likeness (QED) is 0.274. The first-order valence-corrected chi connectivity index (χ1v) is 17.5. The zero-order valence-electron chi connectivity index (χ0n) is 27.4. The van der Waals surface area contributed by atoms with Gasteiger partial charge in [-0.05, 0) is 102 Å². The fourth-order valence-corrected chi connectivity index (χ4v) is 10.1. The van der Waals surface area contributed by atoms with Crippen molar-refractivity contribution < 1.29 is 14.7 Å². The predicted molar refractivity (Wildman–Crippen MR) is 171 cm³/mol. The van der Waals surface area contributed by atoms with Crippen LogP contribution in [0.1, 0.15) is 142 Å². The lowest BCUT2D eigenvalue weighted by Crippen LogP contribution is -2.57. The van der Waals surface area contributed by atoms with Gasteiger partial charge < -0.3 is 10.4 Å². The second-order valence-electron chi connectivity index (χ2n) is 16.4. The monoisotopic (exact) mass is 577 g/mol. The summed E-state index contributed by atoms with van der Waals surface area (Å²) in [6, 6.07) is 8.60. The van der Waals surface area contributed by atoms with E-state index in [1.165, 1.54) is 56.9 Å². The number of unbranched alkanes of at least 4 members (excludes halogenated alkanes) is 4. The highest BCUT2D eigenvalue weighted by Gasteiger charge is 2.62. The molecule has 4 saturated carbocycles. The minimum atomic E-state index is -0.131. The van der Waals surface area contributed by atoms with Gasteiger partial charge in [0.25, 0.3) is 0 Å². The van der Waals surface area contributed by atoms with Crippen molar-refractivity contribution >= 4 is 11.7 Å². The van der Waals surface area contributed by atoms with Gasteiger partial charge >= 0.3 is 0 Å². The Hall–Kier alpha value is -1.68. The molecule has 0 aliphatic heterocycles. The van der Waals surface area contributed by atoms with Gasteiger partial charge in [-0.2, -0.15) is 0 Å². The molecule has 0 unspecified atom stereocenters. The van der Waals surface area contributed by atoms with Crippen molar-refractivity contribution in [2.24, 2.45) is 40.4 Å². The highest BCUT2D eigenvalue weighted by Crippen LogP contribution is 2.67. The molecule has 0 spiro atoms. The van der Waals surface area contributed by atoms with Crippen molar-refractivity contribution in [2.75, 3.05) is 0 Å². The molecule has 0 bridgehead atoms. The average molecular weight is 578 g/mol. The van der Waals surface area contributed by atoms with Crippen LogP contribution in [-0.4, -0.2) is 22.9 Å². The lowest BCUT2D eigenvalue weighted by molar-refractivity contribution is -0.156. The van der Waals surface area contributed by atoms with E-state index in [1.54, 1.807) is 0 Å². The van der Waals surface area contributed by atoms with Crippen molar-refractivity contribution in [2.45, 2.75) is 149 Å². The third-order valence-corrected chi connectivity index (χ3v) is 12.9. The largest absolute Gasteiger partial charge is 0.393 e. The summed E-state index contributed by atoms with van der Waals surface area (Å²) in [5, 5.41) is 14.1. The standard InChI is InChI=1S/C38H59NO3/c1-36(2,3)28-15-13-26(14-16-28)25-39-34(42)12-10-8-6-7-9-11-27-23-29-24-30(40)19-21-37(29,4)32-20-22-38(5)31(35(27)32)17-18-33(38)41/h13-16,27,29,31-33,35,41H,6-12,17-25H2,1-5H3,(H,39,42)/t27-,29+,31+,32+,33+,35+,37+,38+/m1/s1. The normalized spacial score (nSPS) is 36.2. The Labute approximate surface area is 256 Å². The molecular weight excluding hydrogens is 518 g/mol. The Morgan fingerprint density at radius 2 is 1.62 bits per heavy atom. The number of fused-ring (bicyclic) bond motifs is 5. The van der Waals surface area contributed by atoms with Crippen molar-refractivity contribution in [1.29, 1.82) is 0 Å². The molecule has 5 rings (SSSR count). The topological polar surface area (TPSA) is 66.4 Å². The first kappa shape index (κ1) is 31.7.